The van der Waals surface area contributed by atoms with E-state index < -0.39 is 0 Å². The zero-order chi connectivity index (χ0) is 17.9. The quantitative estimate of drug-likeness (QED) is 0.801. The Hall–Kier alpha value is -2.17. The average molecular weight is 356 g/mol. The number of hydrogen-bond donors (Lipinski definition) is 0. The van der Waals surface area contributed by atoms with E-state index in [0.717, 1.165) is 45.1 Å². The van der Waals surface area contributed by atoms with E-state index in [1.54, 1.807) is 18.3 Å². The summed E-state index contributed by atoms with van der Waals surface area (Å²) in [5, 5.41) is 0. The first-order valence-electron chi connectivity index (χ1n) is 9.71. The number of oxazole rings is 1. The van der Waals surface area contributed by atoms with Crippen molar-refractivity contribution in [3.05, 3.63) is 53.5 Å². The van der Waals surface area contributed by atoms with Crippen LogP contribution in [0, 0.1) is 11.7 Å². The molecule has 1 aliphatic heterocycles. The van der Waals surface area contributed by atoms with Gasteiger partial charge in [0.1, 0.15) is 17.6 Å². The summed E-state index contributed by atoms with van der Waals surface area (Å²) in [6.07, 6.45) is 9.48. The molecule has 0 bridgehead atoms. The molecular weight excluding hydrogens is 331 g/mol. The highest BCUT2D eigenvalue weighted by molar-refractivity contribution is 5.79. The maximum Gasteiger partial charge on any atom is 0.226 e. The molecule has 1 saturated carbocycles. The second kappa shape index (κ2) is 7.60. The van der Waals surface area contributed by atoms with E-state index in [-0.39, 0.29) is 23.7 Å². The fourth-order valence-electron chi connectivity index (χ4n) is 4.26. The highest BCUT2D eigenvalue weighted by Crippen LogP contribution is 2.35. The largest absolute Gasteiger partial charge is 0.443 e. The zero-order valence-corrected chi connectivity index (χ0v) is 15.0. The number of amides is 1. The number of halogens is 1. The van der Waals surface area contributed by atoms with E-state index >= 15 is 0 Å². The number of likely N-dealkylation sites (tertiary alicyclic amines) is 1. The van der Waals surface area contributed by atoms with Crippen molar-refractivity contribution in [3.63, 3.8) is 0 Å². The summed E-state index contributed by atoms with van der Waals surface area (Å²) in [5.41, 5.74) is 0.594. The fourth-order valence-corrected chi connectivity index (χ4v) is 4.26. The van der Waals surface area contributed by atoms with Gasteiger partial charge < -0.3 is 9.32 Å². The zero-order valence-electron chi connectivity index (χ0n) is 15.0. The molecule has 1 aromatic carbocycles. The van der Waals surface area contributed by atoms with E-state index in [0.29, 0.717) is 23.6 Å². The van der Waals surface area contributed by atoms with Crippen LogP contribution >= 0.6 is 0 Å². The Morgan fingerprint density at radius 1 is 1.15 bits per heavy atom. The number of benzene rings is 1. The van der Waals surface area contributed by atoms with Gasteiger partial charge in [-0.1, -0.05) is 37.5 Å². The topological polar surface area (TPSA) is 46.3 Å². The van der Waals surface area contributed by atoms with Gasteiger partial charge in [-0.2, -0.15) is 0 Å². The summed E-state index contributed by atoms with van der Waals surface area (Å²) < 4.78 is 19.8. The smallest absolute Gasteiger partial charge is 0.226 e. The van der Waals surface area contributed by atoms with E-state index in [1.165, 1.54) is 12.5 Å². The molecule has 0 spiro atoms. The van der Waals surface area contributed by atoms with Crippen LogP contribution in [0.5, 0.6) is 0 Å². The summed E-state index contributed by atoms with van der Waals surface area (Å²) in [6, 6.07) is 6.63. The van der Waals surface area contributed by atoms with Crippen LogP contribution < -0.4 is 0 Å². The van der Waals surface area contributed by atoms with Gasteiger partial charge in [0, 0.05) is 18.9 Å². The third kappa shape index (κ3) is 3.53. The van der Waals surface area contributed by atoms with Crippen molar-refractivity contribution in [1.82, 2.24) is 9.88 Å². The first-order valence-corrected chi connectivity index (χ1v) is 9.71. The first kappa shape index (κ1) is 17.3. The molecule has 138 valence electrons. The standard InChI is InChI=1S/C21H25FN2O2/c22-18-10-5-4-9-16(18)13-17-14-23-20(26-17)19-11-6-12-24(19)21(25)15-7-2-1-3-8-15/h4-5,9-10,14-15,19H,1-3,6-8,11-13H2/t19-/m0/s1. The molecule has 1 aliphatic carbocycles. The maximum atomic E-state index is 13.8. The molecule has 2 aromatic rings. The molecule has 2 fully saturated rings. The highest BCUT2D eigenvalue weighted by Gasteiger charge is 2.36. The van der Waals surface area contributed by atoms with Crippen LogP contribution in [-0.2, 0) is 11.2 Å². The summed E-state index contributed by atoms with van der Waals surface area (Å²) in [7, 11) is 0. The maximum absolute atomic E-state index is 13.8. The van der Waals surface area contributed by atoms with Crippen molar-refractivity contribution in [2.45, 2.75) is 57.4 Å². The molecule has 4 nitrogen and oxygen atoms in total. The van der Waals surface area contributed by atoms with E-state index in [2.05, 4.69) is 4.98 Å². The van der Waals surface area contributed by atoms with Gasteiger partial charge in [-0.25, -0.2) is 9.37 Å². The molecule has 1 saturated heterocycles. The lowest BCUT2D eigenvalue weighted by atomic mass is 9.88. The van der Waals surface area contributed by atoms with Crippen LogP contribution in [-0.4, -0.2) is 22.3 Å². The molecular formula is C21H25FN2O2. The summed E-state index contributed by atoms with van der Waals surface area (Å²) in [6.45, 7) is 0.783. The molecule has 1 amide bonds. The van der Waals surface area contributed by atoms with Crippen LogP contribution in [0.4, 0.5) is 4.39 Å². The van der Waals surface area contributed by atoms with Crippen LogP contribution in [0.2, 0.25) is 0 Å². The van der Waals surface area contributed by atoms with Gasteiger partial charge in [0.15, 0.2) is 0 Å². The predicted octanol–water partition coefficient (Wildman–Crippen LogP) is 4.65. The molecule has 5 heteroatoms. The Labute approximate surface area is 153 Å². The number of carbonyl (C=O) groups is 1. The summed E-state index contributed by atoms with van der Waals surface area (Å²) >= 11 is 0. The fraction of sp³-hybridized carbons (Fsp3) is 0.524. The molecule has 4 rings (SSSR count). The minimum Gasteiger partial charge on any atom is -0.443 e. The van der Waals surface area contributed by atoms with Crippen LogP contribution in [0.3, 0.4) is 0 Å². The molecule has 2 aliphatic rings. The summed E-state index contributed by atoms with van der Waals surface area (Å²) in [4.78, 5) is 19.3. The van der Waals surface area contributed by atoms with Gasteiger partial charge >= 0.3 is 0 Å². The van der Waals surface area contributed by atoms with E-state index in [1.807, 2.05) is 11.0 Å². The summed E-state index contributed by atoms with van der Waals surface area (Å²) in [5.74, 6) is 1.43. The van der Waals surface area contributed by atoms with Crippen molar-refractivity contribution in [3.8, 4) is 0 Å². The minimum atomic E-state index is -0.236. The van der Waals surface area contributed by atoms with Crippen molar-refractivity contribution < 1.29 is 13.6 Å². The molecule has 2 heterocycles. The van der Waals surface area contributed by atoms with Crippen molar-refractivity contribution >= 4 is 5.91 Å². The molecule has 0 N–H and O–H groups in total. The predicted molar refractivity (Wildman–Crippen MR) is 96.0 cm³/mol. The second-order valence-electron chi connectivity index (χ2n) is 7.46. The Morgan fingerprint density at radius 3 is 2.77 bits per heavy atom. The van der Waals surface area contributed by atoms with Gasteiger partial charge in [-0.15, -0.1) is 0 Å². The Balaban J connectivity index is 1.47. The number of rotatable bonds is 4. The Morgan fingerprint density at radius 2 is 1.96 bits per heavy atom. The average Bonchev–Trinajstić information content (AvgIpc) is 3.33. The van der Waals surface area contributed by atoms with Gasteiger partial charge in [-0.05, 0) is 37.3 Å². The lowest BCUT2D eigenvalue weighted by Crippen LogP contribution is -2.36. The normalized spacial score (nSPS) is 21.3. The third-order valence-electron chi connectivity index (χ3n) is 5.67. The lowest BCUT2D eigenvalue weighted by Gasteiger charge is -2.29. The number of carbonyl (C=O) groups excluding carboxylic acids is 1. The van der Waals surface area contributed by atoms with Gasteiger partial charge in [0.2, 0.25) is 11.8 Å². The lowest BCUT2D eigenvalue weighted by molar-refractivity contribution is -0.138. The van der Waals surface area contributed by atoms with Gasteiger partial charge in [-0.3, -0.25) is 4.79 Å². The van der Waals surface area contributed by atoms with Crippen LogP contribution in [0.1, 0.15) is 68.2 Å². The van der Waals surface area contributed by atoms with Crippen molar-refractivity contribution in [1.29, 1.82) is 0 Å². The number of hydrogen-bond acceptors (Lipinski definition) is 3. The monoisotopic (exact) mass is 356 g/mol. The van der Waals surface area contributed by atoms with E-state index in [4.69, 9.17) is 4.42 Å². The number of nitrogens with zero attached hydrogens (tertiary/aromatic N) is 2. The number of aromatic nitrogens is 1. The SMILES string of the molecule is O=C(C1CCCCC1)N1CCC[C@H]1c1ncc(Cc2ccccc2F)o1. The molecule has 0 unspecified atom stereocenters. The van der Waals surface area contributed by atoms with Crippen LogP contribution in [0.25, 0.3) is 0 Å². The van der Waals surface area contributed by atoms with Gasteiger partial charge in [0.05, 0.1) is 6.20 Å². The Bertz CT molecular complexity index is 767. The van der Waals surface area contributed by atoms with Crippen molar-refractivity contribution in [2.75, 3.05) is 6.54 Å². The molecule has 26 heavy (non-hydrogen) atoms. The minimum absolute atomic E-state index is 0.0706. The second-order valence-corrected chi connectivity index (χ2v) is 7.46. The van der Waals surface area contributed by atoms with Crippen molar-refractivity contribution in [2.24, 2.45) is 5.92 Å². The van der Waals surface area contributed by atoms with E-state index in [9.17, 15) is 9.18 Å². The van der Waals surface area contributed by atoms with Crippen LogP contribution in [0.15, 0.2) is 34.9 Å². The van der Waals surface area contributed by atoms with Gasteiger partial charge in [0.25, 0.3) is 0 Å². The molecule has 1 aromatic heterocycles. The first-order chi connectivity index (χ1) is 12.7. The third-order valence-corrected chi connectivity index (χ3v) is 5.67. The highest BCUT2D eigenvalue weighted by atomic mass is 19.1. The molecule has 0 radical (unpaired) electrons. The molecule has 1 atom stereocenters. The Kier molecular flexibility index (Phi) is 5.05.